The number of carboxylic acid groups (broad SMARTS) is 1. The highest BCUT2D eigenvalue weighted by molar-refractivity contribution is 5.83. The van der Waals surface area contributed by atoms with Crippen molar-refractivity contribution in [2.75, 3.05) is 6.54 Å². The highest BCUT2D eigenvalue weighted by Gasteiger charge is 2.40. The van der Waals surface area contributed by atoms with Crippen molar-refractivity contribution in [1.82, 2.24) is 4.90 Å². The molecule has 2 saturated heterocycles. The van der Waals surface area contributed by atoms with E-state index in [0.717, 1.165) is 24.9 Å². The maximum absolute atomic E-state index is 12.7. The van der Waals surface area contributed by atoms with Gasteiger partial charge in [-0.05, 0) is 38.2 Å². The molecule has 1 aromatic carbocycles. The number of hydrogen-bond donors (Lipinski definition) is 1. The molecule has 1 unspecified atom stereocenters. The van der Waals surface area contributed by atoms with E-state index in [1.54, 1.807) is 0 Å². The van der Waals surface area contributed by atoms with Gasteiger partial charge in [-0.1, -0.05) is 29.8 Å². The van der Waals surface area contributed by atoms with E-state index in [1.807, 2.05) is 24.0 Å². The van der Waals surface area contributed by atoms with Crippen LogP contribution in [-0.4, -0.2) is 40.6 Å². The lowest BCUT2D eigenvalue weighted by atomic mass is 10.0. The van der Waals surface area contributed by atoms with E-state index in [-0.39, 0.29) is 11.9 Å². The summed E-state index contributed by atoms with van der Waals surface area (Å²) in [4.78, 5) is 25.5. The Kier molecular flexibility index (Phi) is 4.16. The number of rotatable bonds is 3. The third-order valence-corrected chi connectivity index (χ3v) is 4.53. The summed E-state index contributed by atoms with van der Waals surface area (Å²) in [5.74, 6) is -1.04. The predicted octanol–water partition coefficient (Wildman–Crippen LogP) is 2.29. The lowest BCUT2D eigenvalue weighted by Gasteiger charge is -2.27. The van der Waals surface area contributed by atoms with Gasteiger partial charge in [-0.3, -0.25) is 4.79 Å². The largest absolute Gasteiger partial charge is 0.479 e. The molecule has 0 spiro atoms. The smallest absolute Gasteiger partial charge is 0.332 e. The van der Waals surface area contributed by atoms with Gasteiger partial charge in [0, 0.05) is 6.54 Å². The fourth-order valence-corrected chi connectivity index (χ4v) is 3.44. The molecule has 0 radical (unpaired) electrons. The van der Waals surface area contributed by atoms with Crippen LogP contribution >= 0.6 is 0 Å². The fraction of sp³-hybridized carbons (Fsp3) is 0.529. The minimum atomic E-state index is -0.980. The number of benzene rings is 1. The maximum Gasteiger partial charge on any atom is 0.332 e. The molecule has 2 heterocycles. The van der Waals surface area contributed by atoms with Crippen LogP contribution in [0.15, 0.2) is 24.3 Å². The number of aliphatic carboxylic acids is 1. The van der Waals surface area contributed by atoms with Crippen molar-refractivity contribution in [2.45, 2.75) is 50.9 Å². The van der Waals surface area contributed by atoms with Crippen molar-refractivity contribution in [3.8, 4) is 0 Å². The van der Waals surface area contributed by atoms with E-state index in [2.05, 4.69) is 12.1 Å². The number of hydrogen-bond acceptors (Lipinski definition) is 3. The Morgan fingerprint density at radius 3 is 2.68 bits per heavy atom. The van der Waals surface area contributed by atoms with Gasteiger partial charge in [0.05, 0.1) is 6.04 Å². The van der Waals surface area contributed by atoms with Gasteiger partial charge in [-0.15, -0.1) is 0 Å². The average molecular weight is 303 g/mol. The maximum atomic E-state index is 12.7. The second-order valence-electron chi connectivity index (χ2n) is 6.13. The van der Waals surface area contributed by atoms with Gasteiger partial charge in [-0.25, -0.2) is 4.79 Å². The fourth-order valence-electron chi connectivity index (χ4n) is 3.44. The summed E-state index contributed by atoms with van der Waals surface area (Å²) in [6, 6.07) is 8.31. The van der Waals surface area contributed by atoms with Crippen LogP contribution in [0.25, 0.3) is 0 Å². The molecule has 0 bridgehead atoms. The Labute approximate surface area is 129 Å². The first-order chi connectivity index (χ1) is 10.6. The quantitative estimate of drug-likeness (QED) is 0.930. The van der Waals surface area contributed by atoms with E-state index >= 15 is 0 Å². The van der Waals surface area contributed by atoms with Gasteiger partial charge in [0.15, 0.2) is 6.10 Å². The number of amides is 1. The Morgan fingerprint density at radius 2 is 2.00 bits per heavy atom. The molecule has 1 aromatic rings. The third-order valence-electron chi connectivity index (χ3n) is 4.53. The van der Waals surface area contributed by atoms with Crippen LogP contribution in [0.1, 0.15) is 42.9 Å². The number of aryl methyl sites for hydroxylation is 1. The van der Waals surface area contributed by atoms with E-state index in [1.165, 1.54) is 5.56 Å². The van der Waals surface area contributed by atoms with Crippen molar-refractivity contribution < 1.29 is 19.4 Å². The monoisotopic (exact) mass is 303 g/mol. The molecule has 22 heavy (non-hydrogen) atoms. The highest BCUT2D eigenvalue weighted by Crippen LogP contribution is 2.34. The lowest BCUT2D eigenvalue weighted by molar-refractivity contribution is -0.155. The van der Waals surface area contributed by atoms with E-state index < -0.39 is 18.2 Å². The summed E-state index contributed by atoms with van der Waals surface area (Å²) in [6.07, 6.45) is 1.38. The van der Waals surface area contributed by atoms with Crippen molar-refractivity contribution in [1.29, 1.82) is 0 Å². The molecule has 2 fully saturated rings. The molecule has 0 aliphatic carbocycles. The van der Waals surface area contributed by atoms with Gasteiger partial charge in [0.25, 0.3) is 5.91 Å². The Morgan fingerprint density at radius 1 is 1.23 bits per heavy atom. The number of likely N-dealkylation sites (tertiary alicyclic amines) is 1. The van der Waals surface area contributed by atoms with E-state index in [0.29, 0.717) is 12.8 Å². The standard InChI is InChI=1S/C17H21NO4/c1-11-4-2-5-12(10-11)13-6-3-9-18(13)16(19)14-7-8-15(22-14)17(20)21/h2,4-5,10,13-15H,3,6-9H2,1H3,(H,20,21)/t13?,14-,15+/m0/s1. The molecule has 5 heteroatoms. The summed E-state index contributed by atoms with van der Waals surface area (Å²) in [5.41, 5.74) is 2.33. The normalized spacial score (nSPS) is 28.0. The molecule has 1 N–H and O–H groups in total. The molecular weight excluding hydrogens is 282 g/mol. The molecule has 2 aliphatic heterocycles. The number of ether oxygens (including phenoxy) is 1. The van der Waals surface area contributed by atoms with Crippen molar-refractivity contribution in [3.05, 3.63) is 35.4 Å². The lowest BCUT2D eigenvalue weighted by Crippen LogP contribution is -2.39. The SMILES string of the molecule is Cc1cccc(C2CCCN2C(=O)[C@@H]2CC[C@H](C(=O)O)O2)c1. The number of carbonyl (C=O) groups excluding carboxylic acids is 1. The first-order valence-electron chi connectivity index (χ1n) is 7.81. The zero-order valence-corrected chi connectivity index (χ0v) is 12.7. The topological polar surface area (TPSA) is 66.8 Å². The molecular formula is C17H21NO4. The van der Waals surface area contributed by atoms with Crippen molar-refractivity contribution in [3.63, 3.8) is 0 Å². The van der Waals surface area contributed by atoms with E-state index in [9.17, 15) is 9.59 Å². The summed E-state index contributed by atoms with van der Waals surface area (Å²) < 4.78 is 5.41. The van der Waals surface area contributed by atoms with Gasteiger partial charge < -0.3 is 14.7 Å². The average Bonchev–Trinajstić information content (AvgIpc) is 3.16. The predicted molar refractivity (Wildman–Crippen MR) is 80.4 cm³/mol. The molecule has 3 rings (SSSR count). The number of carboxylic acids is 1. The van der Waals surface area contributed by atoms with E-state index in [4.69, 9.17) is 9.84 Å². The zero-order chi connectivity index (χ0) is 15.7. The summed E-state index contributed by atoms with van der Waals surface area (Å²) >= 11 is 0. The van der Waals surface area contributed by atoms with Crippen LogP contribution in [0.3, 0.4) is 0 Å². The van der Waals surface area contributed by atoms with Crippen LogP contribution in [0, 0.1) is 6.92 Å². The van der Waals surface area contributed by atoms with Crippen LogP contribution in [-0.2, 0) is 14.3 Å². The number of carbonyl (C=O) groups is 2. The molecule has 0 saturated carbocycles. The second kappa shape index (κ2) is 6.08. The first-order valence-corrected chi connectivity index (χ1v) is 7.81. The van der Waals surface area contributed by atoms with Gasteiger partial charge in [0.2, 0.25) is 0 Å². The molecule has 2 aliphatic rings. The van der Waals surface area contributed by atoms with Crippen LogP contribution in [0.4, 0.5) is 0 Å². The summed E-state index contributed by atoms with van der Waals surface area (Å²) in [5, 5.41) is 8.99. The Bertz CT molecular complexity index is 586. The molecule has 1 amide bonds. The highest BCUT2D eigenvalue weighted by atomic mass is 16.5. The zero-order valence-electron chi connectivity index (χ0n) is 12.7. The van der Waals surface area contributed by atoms with Gasteiger partial charge >= 0.3 is 5.97 Å². The second-order valence-corrected chi connectivity index (χ2v) is 6.13. The first kappa shape index (κ1) is 15.0. The van der Waals surface area contributed by atoms with Crippen LogP contribution < -0.4 is 0 Å². The van der Waals surface area contributed by atoms with Gasteiger partial charge in [-0.2, -0.15) is 0 Å². The minimum absolute atomic E-state index is 0.0623. The molecule has 0 aromatic heterocycles. The molecule has 5 nitrogen and oxygen atoms in total. The van der Waals surface area contributed by atoms with Gasteiger partial charge in [0.1, 0.15) is 6.10 Å². The summed E-state index contributed by atoms with van der Waals surface area (Å²) in [6.45, 7) is 2.76. The Balaban J connectivity index is 1.73. The molecule has 3 atom stereocenters. The van der Waals surface area contributed by atoms with Crippen LogP contribution in [0.5, 0.6) is 0 Å². The van der Waals surface area contributed by atoms with Crippen molar-refractivity contribution >= 4 is 11.9 Å². The summed E-state index contributed by atoms with van der Waals surface area (Å²) in [7, 11) is 0. The minimum Gasteiger partial charge on any atom is -0.479 e. The third kappa shape index (κ3) is 2.86. The molecule has 118 valence electrons. The van der Waals surface area contributed by atoms with Crippen LogP contribution in [0.2, 0.25) is 0 Å². The number of nitrogens with zero attached hydrogens (tertiary/aromatic N) is 1. The van der Waals surface area contributed by atoms with Crippen molar-refractivity contribution in [2.24, 2.45) is 0 Å². The Hall–Kier alpha value is -1.88.